The molecule has 0 spiro atoms. The summed E-state index contributed by atoms with van der Waals surface area (Å²) < 4.78 is 1.60. The van der Waals surface area contributed by atoms with E-state index in [-0.39, 0.29) is 18.0 Å². The zero-order valence-corrected chi connectivity index (χ0v) is 14.4. The molecule has 0 amide bonds. The molecule has 1 aliphatic rings. The highest BCUT2D eigenvalue weighted by molar-refractivity contribution is 5.85. The van der Waals surface area contributed by atoms with Crippen LogP contribution in [0.15, 0.2) is 35.3 Å². The Morgan fingerprint density at radius 1 is 1.35 bits per heavy atom. The summed E-state index contributed by atoms with van der Waals surface area (Å²) >= 11 is 0. The topological polar surface area (TPSA) is 49.6 Å². The lowest BCUT2D eigenvalue weighted by Gasteiger charge is -2.34. The second-order valence-corrected chi connectivity index (χ2v) is 5.97. The van der Waals surface area contributed by atoms with Crippen LogP contribution in [0.4, 0.5) is 0 Å². The van der Waals surface area contributed by atoms with Crippen LogP contribution in [-0.4, -0.2) is 40.0 Å². The predicted octanol–water partition coefficient (Wildman–Crippen LogP) is 2.08. The Morgan fingerprint density at radius 2 is 2.13 bits per heavy atom. The van der Waals surface area contributed by atoms with E-state index in [4.69, 9.17) is 0 Å². The van der Waals surface area contributed by atoms with E-state index in [1.54, 1.807) is 16.7 Å². The third kappa shape index (κ3) is 4.31. The first-order valence-electron chi connectivity index (χ1n) is 8.20. The van der Waals surface area contributed by atoms with Gasteiger partial charge in [0.15, 0.2) is 0 Å². The summed E-state index contributed by atoms with van der Waals surface area (Å²) in [5.74, 6) is 0. The first kappa shape index (κ1) is 17.9. The lowest BCUT2D eigenvalue weighted by atomic mass is 10.0. The predicted molar refractivity (Wildman–Crippen MR) is 95.3 cm³/mol. The minimum atomic E-state index is 0. The molecule has 0 atom stereocenters. The molecule has 2 aromatic heterocycles. The van der Waals surface area contributed by atoms with Gasteiger partial charge in [0.25, 0.3) is 5.56 Å². The van der Waals surface area contributed by atoms with Crippen LogP contribution < -0.4 is 10.9 Å². The summed E-state index contributed by atoms with van der Waals surface area (Å²) in [5, 5.41) is 3.41. The molecule has 0 unspecified atom stereocenters. The van der Waals surface area contributed by atoms with Crippen LogP contribution in [0.2, 0.25) is 0 Å². The number of halogens is 1. The Morgan fingerprint density at radius 3 is 2.87 bits per heavy atom. The molecule has 0 aromatic carbocycles. The summed E-state index contributed by atoms with van der Waals surface area (Å²) in [5.41, 5.74) is 1.61. The van der Waals surface area contributed by atoms with Crippen molar-refractivity contribution in [3.63, 3.8) is 0 Å². The lowest BCUT2D eigenvalue weighted by molar-refractivity contribution is 0.152. The smallest absolute Gasteiger partial charge is 0.258 e. The molecule has 126 valence electrons. The molecular formula is C17H25ClN4O. The summed E-state index contributed by atoms with van der Waals surface area (Å²) in [7, 11) is 0. The van der Waals surface area contributed by atoms with Crippen molar-refractivity contribution in [1.29, 1.82) is 0 Å². The molecule has 3 heterocycles. The van der Waals surface area contributed by atoms with Crippen LogP contribution in [0.1, 0.15) is 31.9 Å². The normalized spacial score (nSPS) is 15.7. The maximum absolute atomic E-state index is 12.2. The van der Waals surface area contributed by atoms with E-state index in [9.17, 15) is 4.79 Å². The molecule has 0 radical (unpaired) electrons. The molecular weight excluding hydrogens is 312 g/mol. The largest absolute Gasteiger partial charge is 0.317 e. The highest BCUT2D eigenvalue weighted by Gasteiger charge is 2.21. The highest BCUT2D eigenvalue weighted by Crippen LogP contribution is 2.15. The second-order valence-electron chi connectivity index (χ2n) is 5.97. The molecule has 0 saturated carbocycles. The fourth-order valence-electron chi connectivity index (χ4n) is 3.24. The van der Waals surface area contributed by atoms with Gasteiger partial charge in [0.2, 0.25) is 0 Å². The third-order valence-electron chi connectivity index (χ3n) is 4.33. The Bertz CT molecular complexity index is 682. The molecule has 1 saturated heterocycles. The van der Waals surface area contributed by atoms with E-state index in [2.05, 4.69) is 22.1 Å². The molecule has 1 N–H and O–H groups in total. The second kappa shape index (κ2) is 8.43. The maximum Gasteiger partial charge on any atom is 0.258 e. The van der Waals surface area contributed by atoms with Gasteiger partial charge in [-0.3, -0.25) is 14.1 Å². The zero-order chi connectivity index (χ0) is 15.4. The SMILES string of the molecule is CCCN(Cc1cc(=O)n2ccccc2n1)C1CCNCC1.Cl. The van der Waals surface area contributed by atoms with Gasteiger partial charge in [0.1, 0.15) is 5.65 Å². The zero-order valence-electron chi connectivity index (χ0n) is 13.6. The van der Waals surface area contributed by atoms with E-state index in [1.165, 1.54) is 12.8 Å². The van der Waals surface area contributed by atoms with Gasteiger partial charge in [0.05, 0.1) is 5.69 Å². The minimum absolute atomic E-state index is 0. The summed E-state index contributed by atoms with van der Waals surface area (Å²) in [6.07, 6.45) is 5.24. The number of rotatable bonds is 5. The molecule has 1 aliphatic heterocycles. The van der Waals surface area contributed by atoms with E-state index < -0.39 is 0 Å². The molecule has 23 heavy (non-hydrogen) atoms. The van der Waals surface area contributed by atoms with Gasteiger partial charge in [-0.2, -0.15) is 0 Å². The van der Waals surface area contributed by atoms with Gasteiger partial charge in [0, 0.05) is 24.8 Å². The van der Waals surface area contributed by atoms with Crippen molar-refractivity contribution in [2.75, 3.05) is 19.6 Å². The minimum Gasteiger partial charge on any atom is -0.317 e. The van der Waals surface area contributed by atoms with Crippen molar-refractivity contribution in [3.05, 3.63) is 46.5 Å². The van der Waals surface area contributed by atoms with E-state index >= 15 is 0 Å². The number of fused-ring (bicyclic) bond motifs is 1. The van der Waals surface area contributed by atoms with Crippen molar-refractivity contribution < 1.29 is 0 Å². The fourth-order valence-corrected chi connectivity index (χ4v) is 3.24. The summed E-state index contributed by atoms with van der Waals surface area (Å²) in [6.45, 7) is 6.19. The van der Waals surface area contributed by atoms with Crippen molar-refractivity contribution in [1.82, 2.24) is 19.6 Å². The quantitative estimate of drug-likeness (QED) is 0.908. The number of pyridine rings is 1. The van der Waals surface area contributed by atoms with Crippen LogP contribution >= 0.6 is 12.4 Å². The third-order valence-corrected chi connectivity index (χ3v) is 4.33. The highest BCUT2D eigenvalue weighted by atomic mass is 35.5. The lowest BCUT2D eigenvalue weighted by Crippen LogP contribution is -2.43. The number of nitrogens with one attached hydrogen (secondary N) is 1. The summed E-state index contributed by atoms with van der Waals surface area (Å²) in [4.78, 5) is 19.4. The van der Waals surface area contributed by atoms with Gasteiger partial charge in [-0.05, 0) is 51.0 Å². The number of nitrogens with zero attached hydrogens (tertiary/aromatic N) is 3. The Hall–Kier alpha value is -1.43. The molecule has 5 nitrogen and oxygen atoms in total. The maximum atomic E-state index is 12.2. The Kier molecular flexibility index (Phi) is 6.57. The van der Waals surface area contributed by atoms with E-state index in [1.807, 2.05) is 18.2 Å². The molecule has 6 heteroatoms. The first-order chi connectivity index (χ1) is 10.8. The van der Waals surface area contributed by atoms with Crippen molar-refractivity contribution >= 4 is 18.1 Å². The van der Waals surface area contributed by atoms with Crippen LogP contribution in [-0.2, 0) is 6.54 Å². The molecule has 3 rings (SSSR count). The molecule has 0 bridgehead atoms. The average Bonchev–Trinajstić information content (AvgIpc) is 2.55. The Labute approximate surface area is 143 Å². The van der Waals surface area contributed by atoms with Gasteiger partial charge >= 0.3 is 0 Å². The molecule has 2 aromatic rings. The summed E-state index contributed by atoms with van der Waals surface area (Å²) in [6, 6.07) is 7.93. The van der Waals surface area contributed by atoms with Gasteiger partial charge in [-0.15, -0.1) is 12.4 Å². The van der Waals surface area contributed by atoms with Crippen molar-refractivity contribution in [2.45, 2.75) is 38.8 Å². The first-order valence-corrected chi connectivity index (χ1v) is 8.20. The van der Waals surface area contributed by atoms with Crippen molar-refractivity contribution in [3.8, 4) is 0 Å². The average molecular weight is 337 g/mol. The van der Waals surface area contributed by atoms with Gasteiger partial charge < -0.3 is 5.32 Å². The van der Waals surface area contributed by atoms with Gasteiger partial charge in [-0.25, -0.2) is 4.98 Å². The van der Waals surface area contributed by atoms with E-state index in [0.717, 1.165) is 43.9 Å². The molecule has 0 aliphatic carbocycles. The fraction of sp³-hybridized carbons (Fsp3) is 0.529. The van der Waals surface area contributed by atoms with Crippen molar-refractivity contribution in [2.24, 2.45) is 0 Å². The standard InChI is InChI=1S/C17H24N4O.ClH/c1-2-10-20(15-6-8-18-9-7-15)13-14-12-17(22)21-11-4-3-5-16(21)19-14;/h3-5,11-12,15,18H,2,6-10,13H2,1H3;1H. The number of hydrogen-bond acceptors (Lipinski definition) is 4. The van der Waals surface area contributed by atoms with Crippen LogP contribution in [0.3, 0.4) is 0 Å². The van der Waals surface area contributed by atoms with Crippen LogP contribution in [0, 0.1) is 0 Å². The number of piperidine rings is 1. The van der Waals surface area contributed by atoms with Gasteiger partial charge in [-0.1, -0.05) is 13.0 Å². The van der Waals surface area contributed by atoms with E-state index in [0.29, 0.717) is 6.04 Å². The number of aromatic nitrogens is 2. The van der Waals surface area contributed by atoms with Crippen LogP contribution in [0.25, 0.3) is 5.65 Å². The monoisotopic (exact) mass is 336 g/mol. The molecule has 1 fully saturated rings. The Balaban J connectivity index is 0.00000192. The number of hydrogen-bond donors (Lipinski definition) is 1. The van der Waals surface area contributed by atoms with Crippen LogP contribution in [0.5, 0.6) is 0 Å².